The Labute approximate surface area is 166 Å². The van der Waals surface area contributed by atoms with Crippen molar-refractivity contribution < 1.29 is 13.2 Å². The third kappa shape index (κ3) is 4.48. The SMILES string of the molecule is CCCn1c(=NC(=O)CS(=O)(=O)c2ccc(C)cc2)sc2cc(Cl)ccc21. The van der Waals surface area contributed by atoms with Crippen LogP contribution in [-0.4, -0.2) is 24.6 Å². The Balaban J connectivity index is 1.97. The van der Waals surface area contributed by atoms with E-state index >= 15 is 0 Å². The van der Waals surface area contributed by atoms with Crippen molar-refractivity contribution in [2.24, 2.45) is 4.99 Å². The van der Waals surface area contributed by atoms with E-state index in [0.717, 1.165) is 22.2 Å². The number of rotatable bonds is 5. The lowest BCUT2D eigenvalue weighted by atomic mass is 10.2. The Hall–Kier alpha value is -1.96. The largest absolute Gasteiger partial charge is 0.316 e. The summed E-state index contributed by atoms with van der Waals surface area (Å²) in [7, 11) is -3.73. The molecule has 0 saturated heterocycles. The van der Waals surface area contributed by atoms with E-state index in [1.54, 1.807) is 18.2 Å². The number of carbonyl (C=O) groups is 1. The van der Waals surface area contributed by atoms with Crippen molar-refractivity contribution in [2.45, 2.75) is 31.7 Å². The van der Waals surface area contributed by atoms with E-state index in [2.05, 4.69) is 4.99 Å². The van der Waals surface area contributed by atoms with Gasteiger partial charge in [-0.05, 0) is 43.7 Å². The second-order valence-electron chi connectivity index (χ2n) is 6.23. The van der Waals surface area contributed by atoms with Crippen LogP contribution in [0.5, 0.6) is 0 Å². The van der Waals surface area contributed by atoms with E-state index in [9.17, 15) is 13.2 Å². The zero-order valence-corrected chi connectivity index (χ0v) is 17.4. The molecule has 1 amide bonds. The smallest absolute Gasteiger partial charge is 0.263 e. The van der Waals surface area contributed by atoms with Crippen LogP contribution in [0.3, 0.4) is 0 Å². The molecule has 0 aliphatic carbocycles. The zero-order valence-electron chi connectivity index (χ0n) is 15.0. The number of thiazole rings is 1. The van der Waals surface area contributed by atoms with Crippen molar-refractivity contribution in [2.75, 3.05) is 5.75 Å². The van der Waals surface area contributed by atoms with E-state index in [1.165, 1.54) is 23.5 Å². The highest BCUT2D eigenvalue weighted by atomic mass is 35.5. The minimum Gasteiger partial charge on any atom is -0.316 e. The van der Waals surface area contributed by atoms with Gasteiger partial charge in [0.15, 0.2) is 14.6 Å². The number of aryl methyl sites for hydroxylation is 2. The summed E-state index contributed by atoms with van der Waals surface area (Å²) >= 11 is 7.38. The first-order valence-electron chi connectivity index (χ1n) is 8.46. The summed E-state index contributed by atoms with van der Waals surface area (Å²) < 4.78 is 27.8. The molecule has 2 aromatic carbocycles. The Kier molecular flexibility index (Phi) is 5.83. The molecule has 0 saturated carbocycles. The maximum absolute atomic E-state index is 12.5. The summed E-state index contributed by atoms with van der Waals surface area (Å²) in [5.41, 5.74) is 1.88. The van der Waals surface area contributed by atoms with Crippen LogP contribution >= 0.6 is 22.9 Å². The molecule has 0 unspecified atom stereocenters. The van der Waals surface area contributed by atoms with Gasteiger partial charge in [0, 0.05) is 11.6 Å². The second kappa shape index (κ2) is 7.96. The van der Waals surface area contributed by atoms with Crippen LogP contribution in [0.4, 0.5) is 0 Å². The van der Waals surface area contributed by atoms with Gasteiger partial charge in [0.05, 0.1) is 15.1 Å². The average molecular weight is 423 g/mol. The van der Waals surface area contributed by atoms with Gasteiger partial charge in [-0.3, -0.25) is 4.79 Å². The summed E-state index contributed by atoms with van der Waals surface area (Å²) in [6.45, 7) is 4.58. The topological polar surface area (TPSA) is 68.5 Å². The molecule has 3 aromatic rings. The number of hydrogen-bond donors (Lipinski definition) is 0. The Morgan fingerprint density at radius 1 is 1.19 bits per heavy atom. The summed E-state index contributed by atoms with van der Waals surface area (Å²) in [5.74, 6) is -1.34. The van der Waals surface area contributed by atoms with Crippen LogP contribution in [0.2, 0.25) is 5.02 Å². The first kappa shape index (κ1) is 19.8. The summed E-state index contributed by atoms with van der Waals surface area (Å²) in [5, 5.41) is 0.604. The van der Waals surface area contributed by atoms with Gasteiger partial charge in [-0.1, -0.05) is 47.6 Å². The molecule has 142 valence electrons. The third-order valence-electron chi connectivity index (χ3n) is 4.01. The maximum Gasteiger partial charge on any atom is 0.263 e. The standard InChI is InChI=1S/C19H19ClN2O3S2/c1-3-10-22-16-9-6-14(20)11-17(16)26-19(22)21-18(23)12-27(24,25)15-7-4-13(2)5-8-15/h4-9,11H,3,10,12H2,1-2H3. The monoisotopic (exact) mass is 422 g/mol. The molecule has 0 aliphatic heterocycles. The number of nitrogens with zero attached hydrogens (tertiary/aromatic N) is 2. The van der Waals surface area contributed by atoms with Crippen LogP contribution in [-0.2, 0) is 21.2 Å². The van der Waals surface area contributed by atoms with E-state index < -0.39 is 21.5 Å². The number of fused-ring (bicyclic) bond motifs is 1. The number of carbonyl (C=O) groups excluding carboxylic acids is 1. The fourth-order valence-corrected chi connectivity index (χ4v) is 5.16. The first-order valence-corrected chi connectivity index (χ1v) is 11.3. The van der Waals surface area contributed by atoms with E-state index in [1.807, 2.05) is 30.5 Å². The minimum atomic E-state index is -3.73. The van der Waals surface area contributed by atoms with Crippen molar-refractivity contribution in [1.29, 1.82) is 0 Å². The first-order chi connectivity index (χ1) is 12.8. The van der Waals surface area contributed by atoms with Crippen LogP contribution in [0.25, 0.3) is 10.2 Å². The molecular weight excluding hydrogens is 404 g/mol. The van der Waals surface area contributed by atoms with Crippen LogP contribution in [0.15, 0.2) is 52.4 Å². The van der Waals surface area contributed by atoms with Crippen LogP contribution in [0.1, 0.15) is 18.9 Å². The summed E-state index contributed by atoms with van der Waals surface area (Å²) in [4.78, 5) is 17.1. The molecule has 0 atom stereocenters. The van der Waals surface area contributed by atoms with Gasteiger partial charge in [0.1, 0.15) is 5.75 Å². The molecule has 5 nitrogen and oxygen atoms in total. The predicted molar refractivity (Wildman–Crippen MR) is 109 cm³/mol. The van der Waals surface area contributed by atoms with E-state index in [0.29, 0.717) is 16.4 Å². The lowest BCUT2D eigenvalue weighted by Gasteiger charge is -2.03. The Morgan fingerprint density at radius 3 is 2.56 bits per heavy atom. The van der Waals surface area contributed by atoms with Gasteiger partial charge in [-0.2, -0.15) is 4.99 Å². The van der Waals surface area contributed by atoms with Crippen molar-refractivity contribution in [3.63, 3.8) is 0 Å². The molecular formula is C19H19ClN2O3S2. The minimum absolute atomic E-state index is 0.126. The number of sulfone groups is 1. The number of benzene rings is 2. The molecule has 1 aromatic heterocycles. The lowest BCUT2D eigenvalue weighted by Crippen LogP contribution is -2.21. The van der Waals surface area contributed by atoms with Gasteiger partial charge < -0.3 is 4.57 Å². The molecule has 8 heteroatoms. The molecule has 0 N–H and O–H groups in total. The highest BCUT2D eigenvalue weighted by molar-refractivity contribution is 7.92. The zero-order chi connectivity index (χ0) is 19.6. The van der Waals surface area contributed by atoms with Crippen LogP contribution in [0, 0.1) is 6.92 Å². The predicted octanol–water partition coefficient (Wildman–Crippen LogP) is 3.98. The molecule has 0 spiro atoms. The van der Waals surface area contributed by atoms with Gasteiger partial charge in [-0.15, -0.1) is 0 Å². The van der Waals surface area contributed by atoms with Crippen molar-refractivity contribution in [1.82, 2.24) is 4.57 Å². The molecule has 0 aliphatic rings. The fraction of sp³-hybridized carbons (Fsp3) is 0.263. The Morgan fingerprint density at radius 2 is 1.89 bits per heavy atom. The molecule has 27 heavy (non-hydrogen) atoms. The summed E-state index contributed by atoms with van der Waals surface area (Å²) in [6, 6.07) is 11.9. The van der Waals surface area contributed by atoms with E-state index in [-0.39, 0.29) is 4.90 Å². The average Bonchev–Trinajstić information content (AvgIpc) is 2.91. The van der Waals surface area contributed by atoms with Gasteiger partial charge >= 0.3 is 0 Å². The van der Waals surface area contributed by atoms with E-state index in [4.69, 9.17) is 11.6 Å². The quantitative estimate of drug-likeness (QED) is 0.624. The van der Waals surface area contributed by atoms with Crippen molar-refractivity contribution >= 4 is 48.9 Å². The highest BCUT2D eigenvalue weighted by Gasteiger charge is 2.19. The lowest BCUT2D eigenvalue weighted by molar-refractivity contribution is -0.115. The van der Waals surface area contributed by atoms with Gasteiger partial charge in [0.25, 0.3) is 5.91 Å². The molecule has 0 fully saturated rings. The molecule has 0 bridgehead atoms. The number of amides is 1. The highest BCUT2D eigenvalue weighted by Crippen LogP contribution is 2.22. The summed E-state index contributed by atoms with van der Waals surface area (Å²) in [6.07, 6.45) is 0.859. The van der Waals surface area contributed by atoms with Crippen LogP contribution < -0.4 is 4.80 Å². The maximum atomic E-state index is 12.5. The Bertz CT molecular complexity index is 1160. The van der Waals surface area contributed by atoms with Gasteiger partial charge in [0.2, 0.25) is 0 Å². The normalized spacial score (nSPS) is 12.6. The number of aromatic nitrogens is 1. The molecule has 3 rings (SSSR count). The third-order valence-corrected chi connectivity index (χ3v) is 6.90. The fourth-order valence-electron chi connectivity index (χ4n) is 2.70. The van der Waals surface area contributed by atoms with Crippen molar-refractivity contribution in [3.8, 4) is 0 Å². The number of halogens is 1. The number of hydrogen-bond acceptors (Lipinski definition) is 4. The second-order valence-corrected chi connectivity index (χ2v) is 9.66. The van der Waals surface area contributed by atoms with Gasteiger partial charge in [-0.25, -0.2) is 8.42 Å². The van der Waals surface area contributed by atoms with Crippen molar-refractivity contribution in [3.05, 3.63) is 57.9 Å². The molecule has 0 radical (unpaired) electrons. The molecule has 1 heterocycles.